The lowest BCUT2D eigenvalue weighted by molar-refractivity contribution is 0.0725. The summed E-state index contributed by atoms with van der Waals surface area (Å²) in [6.07, 6.45) is 4.99. The first-order chi connectivity index (χ1) is 8.66. The summed E-state index contributed by atoms with van der Waals surface area (Å²) < 4.78 is 7.21. The zero-order valence-electron chi connectivity index (χ0n) is 10.4. The average Bonchev–Trinajstić information content (AvgIpc) is 2.98. The minimum absolute atomic E-state index is 0.110. The van der Waals surface area contributed by atoms with Gasteiger partial charge in [0.2, 0.25) is 0 Å². The number of aryl methyl sites for hydroxylation is 1. The second-order valence-corrected chi connectivity index (χ2v) is 5.11. The van der Waals surface area contributed by atoms with Crippen LogP contribution >= 0.6 is 0 Å². The molecule has 1 amide bonds. The largest absolute Gasteiger partial charge is 0.396 e. The molecule has 0 radical (unpaired) electrons. The standard InChI is InChI=1S/C12H18N4O2/c1-16-10(8(13)6-14-16)12(17)15-9-4-5-18-11(9)7-2-3-7/h6-7,9,11H,2-5,13H2,1H3,(H,15,17). The lowest BCUT2D eigenvalue weighted by Crippen LogP contribution is -2.42. The van der Waals surface area contributed by atoms with E-state index in [9.17, 15) is 4.79 Å². The smallest absolute Gasteiger partial charge is 0.271 e. The van der Waals surface area contributed by atoms with Gasteiger partial charge in [-0.1, -0.05) is 0 Å². The molecule has 6 heteroatoms. The number of ether oxygens (including phenoxy) is 1. The van der Waals surface area contributed by atoms with Crippen LogP contribution in [0.5, 0.6) is 0 Å². The van der Waals surface area contributed by atoms with Crippen molar-refractivity contribution in [1.82, 2.24) is 15.1 Å². The molecule has 2 unspecified atom stereocenters. The van der Waals surface area contributed by atoms with Crippen molar-refractivity contribution in [2.24, 2.45) is 13.0 Å². The van der Waals surface area contributed by atoms with Crippen LogP contribution in [0.25, 0.3) is 0 Å². The molecular weight excluding hydrogens is 232 g/mol. The molecule has 0 spiro atoms. The van der Waals surface area contributed by atoms with E-state index in [4.69, 9.17) is 10.5 Å². The van der Waals surface area contributed by atoms with Crippen LogP contribution in [-0.4, -0.2) is 34.4 Å². The third kappa shape index (κ3) is 1.96. The number of nitrogens with one attached hydrogen (secondary N) is 1. The molecule has 3 N–H and O–H groups in total. The van der Waals surface area contributed by atoms with Gasteiger partial charge in [-0.25, -0.2) is 0 Å². The predicted octanol–water partition coefficient (Wildman–Crippen LogP) is 0.300. The fourth-order valence-electron chi connectivity index (χ4n) is 2.62. The Labute approximate surface area is 105 Å². The van der Waals surface area contributed by atoms with Crippen molar-refractivity contribution >= 4 is 11.6 Å². The van der Waals surface area contributed by atoms with E-state index in [0.29, 0.717) is 17.3 Å². The predicted molar refractivity (Wildman–Crippen MR) is 66.0 cm³/mol. The van der Waals surface area contributed by atoms with E-state index in [0.717, 1.165) is 13.0 Å². The Kier molecular flexibility index (Phi) is 2.74. The Morgan fingerprint density at radius 1 is 1.56 bits per heavy atom. The first-order valence-corrected chi connectivity index (χ1v) is 6.36. The van der Waals surface area contributed by atoms with Crippen molar-refractivity contribution in [3.05, 3.63) is 11.9 Å². The number of anilines is 1. The van der Waals surface area contributed by atoms with E-state index in [1.807, 2.05) is 0 Å². The summed E-state index contributed by atoms with van der Waals surface area (Å²) in [6, 6.07) is 0.110. The average molecular weight is 250 g/mol. The summed E-state index contributed by atoms with van der Waals surface area (Å²) in [4.78, 5) is 12.2. The van der Waals surface area contributed by atoms with E-state index in [1.54, 1.807) is 7.05 Å². The van der Waals surface area contributed by atoms with Crippen molar-refractivity contribution in [1.29, 1.82) is 0 Å². The van der Waals surface area contributed by atoms with Crippen LogP contribution in [0.15, 0.2) is 6.20 Å². The first-order valence-electron chi connectivity index (χ1n) is 6.36. The first kappa shape index (κ1) is 11.5. The van der Waals surface area contributed by atoms with Crippen molar-refractivity contribution in [2.45, 2.75) is 31.4 Å². The highest BCUT2D eigenvalue weighted by Gasteiger charge is 2.41. The maximum absolute atomic E-state index is 12.2. The van der Waals surface area contributed by atoms with Gasteiger partial charge in [0, 0.05) is 13.7 Å². The number of aromatic nitrogens is 2. The maximum atomic E-state index is 12.2. The Hall–Kier alpha value is -1.56. The van der Waals surface area contributed by atoms with Crippen LogP contribution in [0.2, 0.25) is 0 Å². The molecule has 98 valence electrons. The molecule has 0 bridgehead atoms. The Morgan fingerprint density at radius 3 is 2.94 bits per heavy atom. The van der Waals surface area contributed by atoms with Gasteiger partial charge in [-0.2, -0.15) is 5.10 Å². The molecule has 0 aromatic carbocycles. The van der Waals surface area contributed by atoms with Crippen LogP contribution in [0, 0.1) is 5.92 Å². The topological polar surface area (TPSA) is 82.2 Å². The van der Waals surface area contributed by atoms with Crippen LogP contribution in [0.4, 0.5) is 5.69 Å². The number of nitrogens with two attached hydrogens (primary N) is 1. The van der Waals surface area contributed by atoms with E-state index < -0.39 is 0 Å². The molecule has 1 aliphatic heterocycles. The Morgan fingerprint density at radius 2 is 2.33 bits per heavy atom. The highest BCUT2D eigenvalue weighted by atomic mass is 16.5. The van der Waals surface area contributed by atoms with Crippen LogP contribution in [-0.2, 0) is 11.8 Å². The quantitative estimate of drug-likeness (QED) is 0.808. The molecule has 2 aliphatic rings. The third-order valence-electron chi connectivity index (χ3n) is 3.72. The van der Waals surface area contributed by atoms with E-state index in [1.165, 1.54) is 23.7 Å². The molecule has 2 atom stereocenters. The molecule has 2 heterocycles. The molecule has 1 aromatic heterocycles. The zero-order valence-corrected chi connectivity index (χ0v) is 10.4. The second kappa shape index (κ2) is 4.28. The highest BCUT2D eigenvalue weighted by molar-refractivity contribution is 5.97. The van der Waals surface area contributed by atoms with E-state index >= 15 is 0 Å². The number of amides is 1. The summed E-state index contributed by atoms with van der Waals surface area (Å²) in [7, 11) is 1.72. The SMILES string of the molecule is Cn1ncc(N)c1C(=O)NC1CCOC1C1CC1. The monoisotopic (exact) mass is 250 g/mol. The van der Waals surface area contributed by atoms with Crippen LogP contribution < -0.4 is 11.1 Å². The molecule has 3 rings (SSSR count). The Bertz CT molecular complexity index is 447. The summed E-state index contributed by atoms with van der Waals surface area (Å²) in [5.41, 5.74) is 6.59. The number of rotatable bonds is 3. The highest BCUT2D eigenvalue weighted by Crippen LogP contribution is 2.38. The van der Waals surface area contributed by atoms with Crippen LogP contribution in [0.1, 0.15) is 29.8 Å². The molecule has 2 fully saturated rings. The van der Waals surface area contributed by atoms with Gasteiger partial charge in [0.1, 0.15) is 5.69 Å². The van der Waals surface area contributed by atoms with Gasteiger partial charge in [-0.15, -0.1) is 0 Å². The van der Waals surface area contributed by atoms with Gasteiger partial charge < -0.3 is 15.8 Å². The van der Waals surface area contributed by atoms with Crippen LogP contribution in [0.3, 0.4) is 0 Å². The fraction of sp³-hybridized carbons (Fsp3) is 0.667. The number of carbonyl (C=O) groups is 1. The maximum Gasteiger partial charge on any atom is 0.271 e. The second-order valence-electron chi connectivity index (χ2n) is 5.11. The summed E-state index contributed by atoms with van der Waals surface area (Å²) in [5, 5.41) is 7.01. The molecule has 1 saturated heterocycles. The molecule has 18 heavy (non-hydrogen) atoms. The minimum Gasteiger partial charge on any atom is -0.396 e. The lowest BCUT2D eigenvalue weighted by atomic mass is 10.1. The molecule has 1 saturated carbocycles. The van der Waals surface area contributed by atoms with Crippen molar-refractivity contribution < 1.29 is 9.53 Å². The minimum atomic E-state index is -0.159. The summed E-state index contributed by atoms with van der Waals surface area (Å²) >= 11 is 0. The summed E-state index contributed by atoms with van der Waals surface area (Å²) in [6.45, 7) is 0.729. The van der Waals surface area contributed by atoms with Gasteiger partial charge in [0.05, 0.1) is 24.0 Å². The number of hydrogen-bond donors (Lipinski definition) is 2. The lowest BCUT2D eigenvalue weighted by Gasteiger charge is -2.19. The number of nitrogen functional groups attached to an aromatic ring is 1. The third-order valence-corrected chi connectivity index (χ3v) is 3.72. The van der Waals surface area contributed by atoms with Gasteiger partial charge >= 0.3 is 0 Å². The van der Waals surface area contributed by atoms with Gasteiger partial charge in [-0.05, 0) is 25.2 Å². The van der Waals surface area contributed by atoms with Crippen molar-refractivity contribution in [2.75, 3.05) is 12.3 Å². The Balaban J connectivity index is 1.70. The number of nitrogens with zero attached hydrogens (tertiary/aromatic N) is 2. The zero-order chi connectivity index (χ0) is 12.7. The molecular formula is C12H18N4O2. The fourth-order valence-corrected chi connectivity index (χ4v) is 2.62. The van der Waals surface area contributed by atoms with E-state index in [2.05, 4.69) is 10.4 Å². The van der Waals surface area contributed by atoms with Gasteiger partial charge in [-0.3, -0.25) is 9.48 Å². The molecule has 6 nitrogen and oxygen atoms in total. The number of hydrogen-bond acceptors (Lipinski definition) is 4. The van der Waals surface area contributed by atoms with E-state index in [-0.39, 0.29) is 18.1 Å². The molecule has 1 aliphatic carbocycles. The van der Waals surface area contributed by atoms with Gasteiger partial charge in [0.25, 0.3) is 5.91 Å². The van der Waals surface area contributed by atoms with Gasteiger partial charge in [0.15, 0.2) is 0 Å². The normalized spacial score (nSPS) is 27.4. The number of carbonyl (C=O) groups excluding carboxylic acids is 1. The van der Waals surface area contributed by atoms with Crippen molar-refractivity contribution in [3.8, 4) is 0 Å². The van der Waals surface area contributed by atoms with Crippen molar-refractivity contribution in [3.63, 3.8) is 0 Å². The summed E-state index contributed by atoms with van der Waals surface area (Å²) in [5.74, 6) is 0.468. The molecule has 1 aromatic rings.